The summed E-state index contributed by atoms with van der Waals surface area (Å²) in [7, 11) is 0. The van der Waals surface area contributed by atoms with E-state index in [9.17, 15) is 4.79 Å². The molecule has 0 amide bonds. The third kappa shape index (κ3) is 10.8. The van der Waals surface area contributed by atoms with E-state index in [1.165, 1.54) is 11.1 Å². The normalized spacial score (nSPS) is 13.8. The van der Waals surface area contributed by atoms with Crippen LogP contribution >= 0.6 is 0 Å². The Morgan fingerprint density at radius 1 is 0.909 bits per heavy atom. The maximum Gasteiger partial charge on any atom is 0.308 e. The fourth-order valence-corrected chi connectivity index (χ4v) is 5.03. The van der Waals surface area contributed by atoms with Gasteiger partial charge in [-0.3, -0.25) is 9.78 Å². The highest BCUT2D eigenvalue weighted by Gasteiger charge is 2.20. The van der Waals surface area contributed by atoms with Crippen LogP contribution in [0.15, 0.2) is 54.7 Å². The molecule has 238 valence electrons. The average Bonchev–Trinajstić information content (AvgIpc) is 3.27. The Labute approximate surface area is 261 Å². The standard InChI is InChI=1S/C34H47N5O5/c1-4-41-21-22-43-24-23-42-20-15-33(40)44-30(26(2)3)12-17-36-31-25-32(38-34(37-31)29-11-7-8-16-35-29)39-18-13-27-9-5-6-10-28(27)14-19-39/h5-11,16,25-26,30H,4,12-15,17-24H2,1-3H3,(H,36,37,38). The monoisotopic (exact) mass is 605 g/mol. The molecule has 0 radical (unpaired) electrons. The van der Waals surface area contributed by atoms with Gasteiger partial charge in [-0.05, 0) is 48.9 Å². The number of esters is 1. The summed E-state index contributed by atoms with van der Waals surface area (Å²) < 4.78 is 22.0. The maximum atomic E-state index is 12.5. The summed E-state index contributed by atoms with van der Waals surface area (Å²) in [6.07, 6.45) is 4.32. The number of aromatic nitrogens is 3. The molecular weight excluding hydrogens is 558 g/mol. The zero-order valence-electron chi connectivity index (χ0n) is 26.4. The SMILES string of the molecule is CCOCCOCCOCCC(=O)OC(CCNc1cc(N2CCc3ccccc3CC2)nc(-c2ccccn2)n1)C(C)C. The van der Waals surface area contributed by atoms with Gasteiger partial charge in [0, 0.05) is 44.9 Å². The second-order valence-corrected chi connectivity index (χ2v) is 11.1. The van der Waals surface area contributed by atoms with Crippen molar-refractivity contribution >= 4 is 17.6 Å². The molecule has 1 atom stereocenters. The maximum absolute atomic E-state index is 12.5. The Hall–Kier alpha value is -3.60. The van der Waals surface area contributed by atoms with Gasteiger partial charge in [-0.15, -0.1) is 0 Å². The number of rotatable bonds is 18. The second-order valence-electron chi connectivity index (χ2n) is 11.1. The molecule has 3 aromatic rings. The molecule has 1 aromatic carbocycles. The summed E-state index contributed by atoms with van der Waals surface area (Å²) in [6.45, 7) is 11.4. The fraction of sp³-hybridized carbons (Fsp3) is 0.529. The molecule has 0 bridgehead atoms. The number of nitrogens with zero attached hydrogens (tertiary/aromatic N) is 4. The summed E-state index contributed by atoms with van der Waals surface area (Å²) in [5, 5.41) is 3.47. The Balaban J connectivity index is 1.30. The number of pyridine rings is 1. The molecular formula is C34H47N5O5. The van der Waals surface area contributed by atoms with Crippen molar-refractivity contribution in [2.24, 2.45) is 5.92 Å². The average molecular weight is 606 g/mol. The van der Waals surface area contributed by atoms with Crippen LogP contribution in [0.5, 0.6) is 0 Å². The number of hydrogen-bond acceptors (Lipinski definition) is 10. The van der Waals surface area contributed by atoms with Gasteiger partial charge in [0.15, 0.2) is 5.82 Å². The molecule has 2 aromatic heterocycles. The lowest BCUT2D eigenvalue weighted by Gasteiger charge is -2.23. The fourth-order valence-electron chi connectivity index (χ4n) is 5.03. The van der Waals surface area contributed by atoms with Gasteiger partial charge in [-0.1, -0.05) is 44.2 Å². The van der Waals surface area contributed by atoms with E-state index < -0.39 is 0 Å². The zero-order chi connectivity index (χ0) is 31.0. The summed E-state index contributed by atoms with van der Waals surface area (Å²) in [4.78, 5) is 29.1. The number of carbonyl (C=O) groups is 1. The van der Waals surface area contributed by atoms with Gasteiger partial charge in [0.1, 0.15) is 23.4 Å². The van der Waals surface area contributed by atoms with Crippen LogP contribution in [0.3, 0.4) is 0 Å². The highest BCUT2D eigenvalue weighted by Crippen LogP contribution is 2.25. The molecule has 1 aliphatic heterocycles. The van der Waals surface area contributed by atoms with E-state index in [2.05, 4.69) is 53.3 Å². The molecule has 10 heteroatoms. The first-order chi connectivity index (χ1) is 21.5. The molecule has 0 saturated carbocycles. The van der Waals surface area contributed by atoms with Gasteiger partial charge in [0.25, 0.3) is 0 Å². The first-order valence-electron chi connectivity index (χ1n) is 15.8. The van der Waals surface area contributed by atoms with Crippen molar-refractivity contribution in [2.45, 2.75) is 52.6 Å². The number of anilines is 2. The molecule has 1 unspecified atom stereocenters. The van der Waals surface area contributed by atoms with Crippen LogP contribution in [0.2, 0.25) is 0 Å². The van der Waals surface area contributed by atoms with E-state index >= 15 is 0 Å². The topological polar surface area (TPSA) is 108 Å². The lowest BCUT2D eigenvalue weighted by Crippen LogP contribution is -2.28. The van der Waals surface area contributed by atoms with Gasteiger partial charge in [-0.25, -0.2) is 9.97 Å². The van der Waals surface area contributed by atoms with Crippen LogP contribution in [0, 0.1) is 5.92 Å². The van der Waals surface area contributed by atoms with Crippen LogP contribution in [0.25, 0.3) is 11.5 Å². The van der Waals surface area contributed by atoms with Gasteiger partial charge in [0.05, 0.1) is 39.5 Å². The predicted octanol–water partition coefficient (Wildman–Crippen LogP) is 4.97. The molecule has 3 heterocycles. The number of nitrogens with one attached hydrogen (secondary N) is 1. The van der Waals surface area contributed by atoms with E-state index in [0.717, 1.165) is 43.3 Å². The zero-order valence-corrected chi connectivity index (χ0v) is 26.4. The summed E-state index contributed by atoms with van der Waals surface area (Å²) in [5.74, 6) is 2.10. The predicted molar refractivity (Wildman–Crippen MR) is 172 cm³/mol. The van der Waals surface area contributed by atoms with Gasteiger partial charge in [-0.2, -0.15) is 0 Å². The lowest BCUT2D eigenvalue weighted by molar-refractivity contribution is -0.152. The quantitative estimate of drug-likeness (QED) is 0.158. The molecule has 1 aliphatic rings. The van der Waals surface area contributed by atoms with Crippen LogP contribution in [-0.2, 0) is 36.6 Å². The van der Waals surface area contributed by atoms with E-state index in [1.54, 1.807) is 6.20 Å². The van der Waals surface area contributed by atoms with Crippen LogP contribution in [0.4, 0.5) is 11.6 Å². The van der Waals surface area contributed by atoms with Crippen LogP contribution in [-0.4, -0.2) is 86.3 Å². The first-order valence-corrected chi connectivity index (χ1v) is 15.8. The van der Waals surface area contributed by atoms with E-state index in [0.29, 0.717) is 58.4 Å². The molecule has 0 saturated heterocycles. The van der Waals surface area contributed by atoms with Crippen molar-refractivity contribution in [3.8, 4) is 11.5 Å². The first kappa shape index (κ1) is 33.3. The third-order valence-corrected chi connectivity index (χ3v) is 7.51. The molecule has 0 fully saturated rings. The van der Waals surface area contributed by atoms with Crippen LogP contribution in [0.1, 0.15) is 44.7 Å². The molecule has 0 spiro atoms. The van der Waals surface area contributed by atoms with Crippen molar-refractivity contribution < 1.29 is 23.7 Å². The molecule has 44 heavy (non-hydrogen) atoms. The minimum Gasteiger partial charge on any atom is -0.462 e. The Morgan fingerprint density at radius 3 is 2.25 bits per heavy atom. The Morgan fingerprint density at radius 2 is 1.59 bits per heavy atom. The van der Waals surface area contributed by atoms with Gasteiger partial charge >= 0.3 is 5.97 Å². The number of ether oxygens (including phenoxy) is 4. The summed E-state index contributed by atoms with van der Waals surface area (Å²) in [6, 6.07) is 16.4. The largest absolute Gasteiger partial charge is 0.462 e. The molecule has 10 nitrogen and oxygen atoms in total. The van der Waals surface area contributed by atoms with Crippen molar-refractivity contribution in [2.75, 3.05) is 69.5 Å². The van der Waals surface area contributed by atoms with Crippen molar-refractivity contribution in [1.82, 2.24) is 15.0 Å². The Kier molecular flexibility index (Phi) is 13.8. The third-order valence-electron chi connectivity index (χ3n) is 7.51. The van der Waals surface area contributed by atoms with Gasteiger partial charge in [0.2, 0.25) is 0 Å². The van der Waals surface area contributed by atoms with Gasteiger partial charge < -0.3 is 29.2 Å². The molecule has 4 rings (SSSR count). The van der Waals surface area contributed by atoms with E-state index in [4.69, 9.17) is 28.9 Å². The van der Waals surface area contributed by atoms with E-state index in [1.807, 2.05) is 31.2 Å². The van der Waals surface area contributed by atoms with Crippen molar-refractivity contribution in [3.63, 3.8) is 0 Å². The summed E-state index contributed by atoms with van der Waals surface area (Å²) in [5.41, 5.74) is 3.52. The van der Waals surface area contributed by atoms with Crippen molar-refractivity contribution in [3.05, 3.63) is 65.9 Å². The smallest absolute Gasteiger partial charge is 0.308 e. The van der Waals surface area contributed by atoms with E-state index in [-0.39, 0.29) is 24.4 Å². The highest BCUT2D eigenvalue weighted by atomic mass is 16.6. The minimum atomic E-state index is -0.259. The second kappa shape index (κ2) is 18.3. The Bertz CT molecular complexity index is 1250. The number of carbonyl (C=O) groups excluding carboxylic acids is 1. The van der Waals surface area contributed by atoms with Crippen LogP contribution < -0.4 is 10.2 Å². The highest BCUT2D eigenvalue weighted by molar-refractivity contribution is 5.69. The lowest BCUT2D eigenvalue weighted by atomic mass is 10.0. The molecule has 1 N–H and O–H groups in total. The number of fused-ring (bicyclic) bond motifs is 1. The van der Waals surface area contributed by atoms with Crippen molar-refractivity contribution in [1.29, 1.82) is 0 Å². The number of hydrogen-bond donors (Lipinski definition) is 1. The number of benzene rings is 1. The summed E-state index contributed by atoms with van der Waals surface area (Å²) >= 11 is 0. The molecule has 0 aliphatic carbocycles. The minimum absolute atomic E-state index is 0.171.